The Morgan fingerprint density at radius 3 is 2.75 bits per heavy atom. The Bertz CT molecular complexity index is 677. The number of nitrogens with one attached hydrogen (secondary N) is 1. The van der Waals surface area contributed by atoms with E-state index in [0.717, 1.165) is 55.5 Å². The Kier molecular flexibility index (Phi) is 4.24. The number of rotatable bonds is 5. The van der Waals surface area contributed by atoms with Crippen molar-refractivity contribution in [3.63, 3.8) is 0 Å². The molecular weight excluding hydrogens is 302 g/mol. The molecule has 1 saturated heterocycles. The van der Waals surface area contributed by atoms with E-state index in [1.807, 2.05) is 35.2 Å². The number of aromatic nitrogens is 2. The molecule has 5 nitrogen and oxygen atoms in total. The zero-order valence-corrected chi connectivity index (χ0v) is 13.8. The zero-order chi connectivity index (χ0) is 16.4. The van der Waals surface area contributed by atoms with Gasteiger partial charge in [-0.05, 0) is 61.9 Å². The highest BCUT2D eigenvalue weighted by molar-refractivity contribution is 5.94. The number of carbonyl (C=O) groups is 1. The number of benzene rings is 1. The Morgan fingerprint density at radius 2 is 2.04 bits per heavy atom. The average molecular weight is 325 g/mol. The van der Waals surface area contributed by atoms with Gasteiger partial charge in [-0.3, -0.25) is 9.89 Å². The molecule has 1 aromatic carbocycles. The van der Waals surface area contributed by atoms with Crippen molar-refractivity contribution in [1.82, 2.24) is 15.1 Å². The number of carbonyl (C=O) groups excluding carboxylic acids is 1. The van der Waals surface area contributed by atoms with Crippen LogP contribution >= 0.6 is 0 Å². The van der Waals surface area contributed by atoms with Crippen LogP contribution in [0.25, 0.3) is 0 Å². The van der Waals surface area contributed by atoms with E-state index < -0.39 is 0 Å². The Labute approximate surface area is 142 Å². The van der Waals surface area contributed by atoms with E-state index in [9.17, 15) is 4.79 Å². The third kappa shape index (κ3) is 3.45. The molecule has 1 N–H and O–H groups in total. The van der Waals surface area contributed by atoms with Crippen molar-refractivity contribution in [2.24, 2.45) is 5.92 Å². The van der Waals surface area contributed by atoms with Crippen molar-refractivity contribution < 1.29 is 9.53 Å². The first-order valence-corrected chi connectivity index (χ1v) is 8.81. The van der Waals surface area contributed by atoms with Gasteiger partial charge in [0, 0.05) is 36.5 Å². The number of ether oxygens (including phenoxy) is 1. The standard InChI is InChI=1S/C19H23N3O2/c23-19(15-5-7-17(8-6-15)24-13-14-3-4-14)22-11-1-2-16(12-22)18-9-10-20-21-18/h5-10,14,16H,1-4,11-13H2,(H,20,21). The van der Waals surface area contributed by atoms with Gasteiger partial charge in [-0.15, -0.1) is 0 Å². The second kappa shape index (κ2) is 6.67. The van der Waals surface area contributed by atoms with E-state index in [0.29, 0.717) is 5.92 Å². The van der Waals surface area contributed by atoms with E-state index in [4.69, 9.17) is 4.74 Å². The lowest BCUT2D eigenvalue weighted by atomic mass is 9.94. The monoisotopic (exact) mass is 325 g/mol. The molecule has 1 saturated carbocycles. The predicted molar refractivity (Wildman–Crippen MR) is 91.1 cm³/mol. The highest BCUT2D eigenvalue weighted by Crippen LogP contribution is 2.30. The fourth-order valence-corrected chi connectivity index (χ4v) is 3.28. The van der Waals surface area contributed by atoms with Crippen LogP contribution < -0.4 is 4.74 Å². The van der Waals surface area contributed by atoms with Gasteiger partial charge >= 0.3 is 0 Å². The number of H-pyrrole nitrogens is 1. The van der Waals surface area contributed by atoms with Crippen LogP contribution in [-0.4, -0.2) is 40.7 Å². The molecule has 0 radical (unpaired) electrons. The Hall–Kier alpha value is -2.30. The number of nitrogens with zero attached hydrogens (tertiary/aromatic N) is 2. The summed E-state index contributed by atoms with van der Waals surface area (Å²) in [7, 11) is 0. The normalized spacial score (nSPS) is 20.8. The van der Waals surface area contributed by atoms with Crippen molar-refractivity contribution in [2.75, 3.05) is 19.7 Å². The van der Waals surface area contributed by atoms with Gasteiger partial charge in [-0.2, -0.15) is 5.10 Å². The van der Waals surface area contributed by atoms with Gasteiger partial charge < -0.3 is 9.64 Å². The minimum atomic E-state index is 0.105. The fourth-order valence-electron chi connectivity index (χ4n) is 3.28. The van der Waals surface area contributed by atoms with Gasteiger partial charge in [0.15, 0.2) is 0 Å². The second-order valence-corrected chi connectivity index (χ2v) is 6.88. The van der Waals surface area contributed by atoms with E-state index in [1.165, 1.54) is 12.8 Å². The summed E-state index contributed by atoms with van der Waals surface area (Å²) in [4.78, 5) is 14.7. The molecule has 0 bridgehead atoms. The first-order chi connectivity index (χ1) is 11.8. The summed E-state index contributed by atoms with van der Waals surface area (Å²) in [6, 6.07) is 9.58. The smallest absolute Gasteiger partial charge is 0.253 e. The van der Waals surface area contributed by atoms with Crippen LogP contribution in [0.3, 0.4) is 0 Å². The van der Waals surface area contributed by atoms with Gasteiger partial charge in [0.25, 0.3) is 5.91 Å². The van der Waals surface area contributed by atoms with Crippen LogP contribution in [0.5, 0.6) is 5.75 Å². The van der Waals surface area contributed by atoms with Crippen LogP contribution in [0.1, 0.15) is 47.7 Å². The van der Waals surface area contributed by atoms with Crippen LogP contribution in [0, 0.1) is 5.92 Å². The van der Waals surface area contributed by atoms with Gasteiger partial charge in [0.1, 0.15) is 5.75 Å². The number of hydrogen-bond acceptors (Lipinski definition) is 3. The first-order valence-electron chi connectivity index (χ1n) is 8.81. The maximum Gasteiger partial charge on any atom is 0.253 e. The molecular formula is C19H23N3O2. The molecule has 1 unspecified atom stereocenters. The lowest BCUT2D eigenvalue weighted by Crippen LogP contribution is -2.39. The van der Waals surface area contributed by atoms with E-state index in [1.54, 1.807) is 6.20 Å². The van der Waals surface area contributed by atoms with Gasteiger partial charge in [-0.1, -0.05) is 0 Å². The lowest BCUT2D eigenvalue weighted by molar-refractivity contribution is 0.0706. The van der Waals surface area contributed by atoms with Crippen LogP contribution in [0.15, 0.2) is 36.5 Å². The summed E-state index contributed by atoms with van der Waals surface area (Å²) in [5.41, 5.74) is 1.86. The Balaban J connectivity index is 1.38. The van der Waals surface area contributed by atoms with Crippen LogP contribution in [0.4, 0.5) is 0 Å². The summed E-state index contributed by atoms with van der Waals surface area (Å²) in [6.07, 6.45) is 6.46. The van der Waals surface area contributed by atoms with E-state index in [-0.39, 0.29) is 5.91 Å². The number of aromatic amines is 1. The second-order valence-electron chi connectivity index (χ2n) is 6.88. The fraction of sp³-hybridized carbons (Fsp3) is 0.474. The van der Waals surface area contributed by atoms with Gasteiger partial charge in [0.2, 0.25) is 0 Å². The SMILES string of the molecule is O=C(c1ccc(OCC2CC2)cc1)N1CCCC(c2ccn[nH]2)C1. The van der Waals surface area contributed by atoms with Gasteiger partial charge in [-0.25, -0.2) is 0 Å². The third-order valence-electron chi connectivity index (χ3n) is 4.95. The minimum absolute atomic E-state index is 0.105. The summed E-state index contributed by atoms with van der Waals surface area (Å²) < 4.78 is 5.74. The summed E-state index contributed by atoms with van der Waals surface area (Å²) in [6.45, 7) is 2.37. The molecule has 2 aliphatic rings. The topological polar surface area (TPSA) is 58.2 Å². The third-order valence-corrected chi connectivity index (χ3v) is 4.95. The first kappa shape index (κ1) is 15.2. The zero-order valence-electron chi connectivity index (χ0n) is 13.8. The predicted octanol–water partition coefficient (Wildman–Crippen LogP) is 3.22. The van der Waals surface area contributed by atoms with Gasteiger partial charge in [0.05, 0.1) is 6.61 Å². The van der Waals surface area contributed by atoms with Crippen molar-refractivity contribution >= 4 is 5.91 Å². The molecule has 24 heavy (non-hydrogen) atoms. The molecule has 1 aliphatic carbocycles. The minimum Gasteiger partial charge on any atom is -0.493 e. The number of piperidine rings is 1. The quantitative estimate of drug-likeness (QED) is 0.918. The molecule has 1 amide bonds. The highest BCUT2D eigenvalue weighted by Gasteiger charge is 2.26. The van der Waals surface area contributed by atoms with Crippen molar-refractivity contribution in [2.45, 2.75) is 31.6 Å². The highest BCUT2D eigenvalue weighted by atomic mass is 16.5. The molecule has 1 aromatic heterocycles. The van der Waals surface area contributed by atoms with Crippen molar-refractivity contribution in [3.8, 4) is 5.75 Å². The Morgan fingerprint density at radius 1 is 1.21 bits per heavy atom. The van der Waals surface area contributed by atoms with Crippen molar-refractivity contribution in [3.05, 3.63) is 47.8 Å². The molecule has 126 valence electrons. The molecule has 5 heteroatoms. The largest absolute Gasteiger partial charge is 0.493 e. The molecule has 2 fully saturated rings. The molecule has 2 heterocycles. The molecule has 0 spiro atoms. The number of amides is 1. The summed E-state index contributed by atoms with van der Waals surface area (Å²) >= 11 is 0. The number of hydrogen-bond donors (Lipinski definition) is 1. The summed E-state index contributed by atoms with van der Waals surface area (Å²) in [5, 5.41) is 7.06. The molecule has 1 atom stereocenters. The summed E-state index contributed by atoms with van der Waals surface area (Å²) in [5.74, 6) is 2.05. The van der Waals surface area contributed by atoms with Crippen molar-refractivity contribution in [1.29, 1.82) is 0 Å². The number of likely N-dealkylation sites (tertiary alicyclic amines) is 1. The molecule has 1 aliphatic heterocycles. The maximum atomic E-state index is 12.8. The van der Waals surface area contributed by atoms with Crippen LogP contribution in [0.2, 0.25) is 0 Å². The van der Waals surface area contributed by atoms with Crippen LogP contribution in [-0.2, 0) is 0 Å². The van der Waals surface area contributed by atoms with E-state index >= 15 is 0 Å². The van der Waals surface area contributed by atoms with E-state index in [2.05, 4.69) is 10.2 Å². The molecule has 4 rings (SSSR count). The molecule has 2 aromatic rings. The average Bonchev–Trinajstić information content (AvgIpc) is 3.30. The maximum absolute atomic E-state index is 12.8. The lowest BCUT2D eigenvalue weighted by Gasteiger charge is -2.32.